The summed E-state index contributed by atoms with van der Waals surface area (Å²) in [6.07, 6.45) is 6.80. The van der Waals surface area contributed by atoms with E-state index < -0.39 is 53.3 Å². The molecule has 2 aromatic heterocycles. The number of carbonyl (C=O) groups is 6. The molecular weight excluding hydrogens is 688 g/mol. The summed E-state index contributed by atoms with van der Waals surface area (Å²) in [5.41, 5.74) is 20.6. The average molecular weight is 741 g/mol. The van der Waals surface area contributed by atoms with Gasteiger partial charge in [0.15, 0.2) is 17.3 Å². The van der Waals surface area contributed by atoms with Crippen molar-refractivity contribution < 1.29 is 28.8 Å². The van der Waals surface area contributed by atoms with Gasteiger partial charge in [0.2, 0.25) is 17.7 Å². The smallest absolute Gasteiger partial charge is 0.224 e. The Bertz CT molecular complexity index is 1860. The Balaban J connectivity index is 1.37. The minimum atomic E-state index is -0.948. The number of nitrogens with zero attached hydrogens (tertiary/aromatic N) is 1. The van der Waals surface area contributed by atoms with Gasteiger partial charge in [0.05, 0.1) is 25.0 Å². The lowest BCUT2D eigenvalue weighted by molar-refractivity contribution is -0.133. The van der Waals surface area contributed by atoms with E-state index in [1.165, 1.54) is 6.33 Å². The number of amides is 3. The third-order valence-electron chi connectivity index (χ3n) is 9.65. The van der Waals surface area contributed by atoms with Gasteiger partial charge in [-0.05, 0) is 49.4 Å². The van der Waals surface area contributed by atoms with E-state index in [1.807, 2.05) is 54.6 Å². The van der Waals surface area contributed by atoms with Crippen molar-refractivity contribution in [2.45, 2.75) is 76.8 Å². The van der Waals surface area contributed by atoms with Crippen LogP contribution < -0.4 is 27.8 Å². The number of hydrogen-bond donors (Lipinski definition) is 7. The normalized spacial score (nSPS) is 14.1. The largest absolute Gasteiger partial charge is 0.369 e. The zero-order valence-corrected chi connectivity index (χ0v) is 30.7. The molecule has 14 nitrogen and oxygen atoms in total. The molecular formula is C40H52N8O6. The van der Waals surface area contributed by atoms with Crippen molar-refractivity contribution in [2.75, 3.05) is 13.1 Å². The van der Waals surface area contributed by atoms with Crippen LogP contribution in [-0.4, -0.2) is 75.2 Å². The first-order valence-electron chi connectivity index (χ1n) is 18.4. The minimum Gasteiger partial charge on any atom is -0.369 e. The number of rotatable bonds is 24. The molecule has 0 bridgehead atoms. The van der Waals surface area contributed by atoms with Crippen LogP contribution in [0.1, 0.15) is 62.3 Å². The van der Waals surface area contributed by atoms with Gasteiger partial charge < -0.3 is 37.8 Å². The number of primary amides is 1. The summed E-state index contributed by atoms with van der Waals surface area (Å²) in [6.45, 7) is 1.67. The quantitative estimate of drug-likeness (QED) is 0.0520. The average Bonchev–Trinajstić information content (AvgIpc) is 3.83. The van der Waals surface area contributed by atoms with E-state index in [-0.39, 0.29) is 56.6 Å². The van der Waals surface area contributed by atoms with Gasteiger partial charge in [-0.1, -0.05) is 61.9 Å². The standard InChI is InChI=1S/C40H52N8O6/c1-25(39(53)48-35(16-26-9-3-2-4-10-26)37(51)18-27(38(43)52)11-7-8-14-41)15-31(49)23-46-40(54)28(17-29-21-45-34-13-6-5-12-32(29)34)19-36(50)33(42)20-30-22-44-24-47-30/h2-6,9-10,12-13,21-22,24-25,27-28,33,35,45H,7-8,11,14-20,23,41-42H2,1H3,(H2,43,52)(H,44,47)(H,46,54)(H,48,53)/t25-,27-,28+,33+,35-/m1/s1. The number of aromatic nitrogens is 3. The van der Waals surface area contributed by atoms with Crippen LogP contribution in [0.2, 0.25) is 0 Å². The van der Waals surface area contributed by atoms with Gasteiger partial charge in [-0.3, -0.25) is 28.8 Å². The molecule has 0 spiro atoms. The van der Waals surface area contributed by atoms with Crippen LogP contribution in [-0.2, 0) is 48.0 Å². The number of para-hydroxylation sites is 1. The van der Waals surface area contributed by atoms with E-state index in [0.29, 0.717) is 31.5 Å². The molecule has 4 rings (SSSR count). The number of carbonyl (C=O) groups excluding carboxylic acids is 6. The molecule has 4 aromatic rings. The number of benzene rings is 2. The molecule has 0 fully saturated rings. The molecule has 0 saturated heterocycles. The van der Waals surface area contributed by atoms with Crippen LogP contribution in [0.3, 0.4) is 0 Å². The third kappa shape index (κ3) is 12.6. The van der Waals surface area contributed by atoms with E-state index in [0.717, 1.165) is 22.0 Å². The fraction of sp³-hybridized carbons (Fsp3) is 0.425. The fourth-order valence-corrected chi connectivity index (χ4v) is 6.48. The summed E-state index contributed by atoms with van der Waals surface area (Å²) in [6, 6.07) is 15.0. The molecule has 10 N–H and O–H groups in total. The van der Waals surface area contributed by atoms with Gasteiger partial charge in [-0.25, -0.2) is 4.98 Å². The number of nitrogens with one attached hydrogen (secondary N) is 4. The molecule has 5 atom stereocenters. The maximum Gasteiger partial charge on any atom is 0.224 e. The summed E-state index contributed by atoms with van der Waals surface area (Å²) in [5, 5.41) is 6.39. The monoisotopic (exact) mass is 740 g/mol. The molecule has 54 heavy (non-hydrogen) atoms. The van der Waals surface area contributed by atoms with E-state index in [9.17, 15) is 28.8 Å². The minimum absolute atomic E-state index is 0.132. The molecule has 2 aromatic carbocycles. The number of nitrogens with two attached hydrogens (primary N) is 3. The molecule has 0 radical (unpaired) electrons. The lowest BCUT2D eigenvalue weighted by atomic mass is 9.90. The number of imidazole rings is 1. The first kappa shape index (κ1) is 41.3. The second kappa shape index (κ2) is 20.7. The van der Waals surface area contributed by atoms with Crippen LogP contribution in [0.25, 0.3) is 10.9 Å². The molecule has 3 amide bonds. The summed E-state index contributed by atoms with van der Waals surface area (Å²) in [4.78, 5) is 89.0. The number of Topliss-reactive ketones (excluding diaryl/α,β-unsaturated/α-hetero) is 3. The highest BCUT2D eigenvalue weighted by Crippen LogP contribution is 2.23. The first-order valence-corrected chi connectivity index (χ1v) is 18.4. The Labute approximate surface area is 314 Å². The van der Waals surface area contributed by atoms with Crippen molar-refractivity contribution in [2.24, 2.45) is 35.0 Å². The topological polar surface area (TPSA) is 249 Å². The maximum absolute atomic E-state index is 13.6. The number of ketones is 3. The number of fused-ring (bicyclic) bond motifs is 1. The van der Waals surface area contributed by atoms with Crippen molar-refractivity contribution in [3.63, 3.8) is 0 Å². The van der Waals surface area contributed by atoms with Gasteiger partial charge in [0.25, 0.3) is 0 Å². The summed E-state index contributed by atoms with van der Waals surface area (Å²) in [5.74, 6) is -4.98. The Morgan fingerprint density at radius 2 is 1.54 bits per heavy atom. The predicted octanol–water partition coefficient (Wildman–Crippen LogP) is 2.21. The van der Waals surface area contributed by atoms with Crippen molar-refractivity contribution in [3.05, 3.63) is 90.1 Å². The molecule has 2 heterocycles. The van der Waals surface area contributed by atoms with E-state index in [2.05, 4.69) is 25.6 Å². The van der Waals surface area contributed by atoms with Gasteiger partial charge in [0.1, 0.15) is 0 Å². The maximum atomic E-state index is 13.6. The number of aromatic amines is 2. The summed E-state index contributed by atoms with van der Waals surface area (Å²) in [7, 11) is 0. The first-order chi connectivity index (χ1) is 25.9. The van der Waals surface area contributed by atoms with Crippen LogP contribution in [0.5, 0.6) is 0 Å². The third-order valence-corrected chi connectivity index (χ3v) is 9.65. The number of hydrogen-bond acceptors (Lipinski definition) is 9. The van der Waals surface area contributed by atoms with Crippen molar-refractivity contribution >= 4 is 46.0 Å². The molecule has 14 heteroatoms. The fourth-order valence-electron chi connectivity index (χ4n) is 6.48. The van der Waals surface area contributed by atoms with Crippen LogP contribution in [0.4, 0.5) is 0 Å². The Kier molecular flexibility index (Phi) is 15.8. The van der Waals surface area contributed by atoms with E-state index in [1.54, 1.807) is 19.3 Å². The zero-order valence-electron chi connectivity index (χ0n) is 30.7. The lowest BCUT2D eigenvalue weighted by Gasteiger charge is -2.22. The summed E-state index contributed by atoms with van der Waals surface area (Å²) >= 11 is 0. The van der Waals surface area contributed by atoms with Gasteiger partial charge in [-0.15, -0.1) is 0 Å². The highest BCUT2D eigenvalue weighted by atomic mass is 16.2. The second-order valence-electron chi connectivity index (χ2n) is 14.0. The SMILES string of the molecule is C[C@H](CC(=O)CNC(=O)[C@H](CC(=O)[C@@H](N)Cc1cnc[nH]1)Cc1c[nH]c2ccccc12)C(=O)N[C@H](Cc1ccccc1)C(=O)C[C@@H](CCCCN)C(N)=O. The number of unbranched alkanes of at least 4 members (excludes halogenated alkanes) is 1. The Morgan fingerprint density at radius 3 is 2.24 bits per heavy atom. The second-order valence-corrected chi connectivity index (χ2v) is 14.0. The lowest BCUT2D eigenvalue weighted by Crippen LogP contribution is -2.46. The van der Waals surface area contributed by atoms with Crippen LogP contribution in [0, 0.1) is 17.8 Å². The molecule has 0 saturated carbocycles. The molecule has 0 unspecified atom stereocenters. The van der Waals surface area contributed by atoms with Gasteiger partial charge >= 0.3 is 0 Å². The van der Waals surface area contributed by atoms with Crippen molar-refractivity contribution in [1.82, 2.24) is 25.6 Å². The highest BCUT2D eigenvalue weighted by molar-refractivity contribution is 5.95. The molecule has 288 valence electrons. The highest BCUT2D eigenvalue weighted by Gasteiger charge is 2.30. The van der Waals surface area contributed by atoms with Crippen molar-refractivity contribution in [3.8, 4) is 0 Å². The number of H-pyrrole nitrogens is 2. The van der Waals surface area contributed by atoms with E-state index in [4.69, 9.17) is 17.2 Å². The van der Waals surface area contributed by atoms with Crippen LogP contribution >= 0.6 is 0 Å². The van der Waals surface area contributed by atoms with Gasteiger partial charge in [-0.2, -0.15) is 0 Å². The Hall–Kier alpha value is -5.47. The molecule has 0 aliphatic rings. The predicted molar refractivity (Wildman–Crippen MR) is 204 cm³/mol. The zero-order chi connectivity index (χ0) is 39.0. The van der Waals surface area contributed by atoms with Crippen molar-refractivity contribution in [1.29, 1.82) is 0 Å². The molecule has 0 aliphatic carbocycles. The van der Waals surface area contributed by atoms with Crippen LogP contribution in [0.15, 0.2) is 73.3 Å². The Morgan fingerprint density at radius 1 is 0.815 bits per heavy atom. The molecule has 0 aliphatic heterocycles. The van der Waals surface area contributed by atoms with E-state index >= 15 is 0 Å². The van der Waals surface area contributed by atoms with Gasteiger partial charge in [0, 0.05) is 72.4 Å². The summed E-state index contributed by atoms with van der Waals surface area (Å²) < 4.78 is 0.